The van der Waals surface area contributed by atoms with E-state index in [2.05, 4.69) is 46.4 Å². The van der Waals surface area contributed by atoms with Gasteiger partial charge < -0.3 is 4.90 Å². The zero-order chi connectivity index (χ0) is 18.0. The van der Waals surface area contributed by atoms with Gasteiger partial charge >= 0.3 is 0 Å². The molecule has 2 aliphatic rings. The van der Waals surface area contributed by atoms with Crippen LogP contribution in [0, 0.1) is 19.8 Å². The average Bonchev–Trinajstić information content (AvgIpc) is 2.96. The van der Waals surface area contributed by atoms with Gasteiger partial charge in [0.05, 0.1) is 12.2 Å². The summed E-state index contributed by atoms with van der Waals surface area (Å²) in [5.41, 5.74) is 2.35. The van der Waals surface area contributed by atoms with Crippen LogP contribution in [0.2, 0.25) is 0 Å². The number of nitrogens with zero attached hydrogens (tertiary/aromatic N) is 5. The SMILES string of the molecule is CC(=O)N1CCCN(C2CN(CCn3nc(C)cc3C)CC2C)CC1. The predicted octanol–water partition coefficient (Wildman–Crippen LogP) is 1.37. The molecule has 1 amide bonds. The van der Waals surface area contributed by atoms with Crippen LogP contribution >= 0.6 is 0 Å². The van der Waals surface area contributed by atoms with Crippen LogP contribution in [0.15, 0.2) is 6.07 Å². The Labute approximate surface area is 151 Å². The molecule has 2 fully saturated rings. The van der Waals surface area contributed by atoms with E-state index in [4.69, 9.17) is 0 Å². The Morgan fingerprint density at radius 3 is 2.64 bits per heavy atom. The first kappa shape index (κ1) is 18.4. The van der Waals surface area contributed by atoms with E-state index in [0.29, 0.717) is 12.0 Å². The van der Waals surface area contributed by atoms with Crippen LogP contribution in [0.3, 0.4) is 0 Å². The second-order valence-electron chi connectivity index (χ2n) is 7.85. The minimum atomic E-state index is 0.216. The van der Waals surface area contributed by atoms with E-state index in [1.54, 1.807) is 6.92 Å². The Balaban J connectivity index is 1.52. The molecule has 6 nitrogen and oxygen atoms in total. The fourth-order valence-electron chi connectivity index (χ4n) is 4.43. The number of hydrogen-bond donors (Lipinski definition) is 0. The number of aromatic nitrogens is 2. The molecule has 0 aliphatic carbocycles. The first-order chi connectivity index (χ1) is 11.9. The molecule has 3 rings (SSSR count). The summed E-state index contributed by atoms with van der Waals surface area (Å²) in [5.74, 6) is 0.900. The quantitative estimate of drug-likeness (QED) is 0.825. The summed E-state index contributed by atoms with van der Waals surface area (Å²) in [4.78, 5) is 18.8. The van der Waals surface area contributed by atoms with Crippen molar-refractivity contribution >= 4 is 5.91 Å². The van der Waals surface area contributed by atoms with Crippen molar-refractivity contribution in [2.75, 3.05) is 45.8 Å². The van der Waals surface area contributed by atoms with Crippen molar-refractivity contribution in [2.45, 2.75) is 46.7 Å². The molecule has 2 unspecified atom stereocenters. The van der Waals surface area contributed by atoms with Crippen molar-refractivity contribution in [2.24, 2.45) is 5.92 Å². The lowest BCUT2D eigenvalue weighted by Gasteiger charge is -2.30. The summed E-state index contributed by atoms with van der Waals surface area (Å²) in [6.07, 6.45) is 1.09. The van der Waals surface area contributed by atoms with Crippen molar-refractivity contribution in [3.63, 3.8) is 0 Å². The Hall–Kier alpha value is -1.40. The van der Waals surface area contributed by atoms with Crippen LogP contribution in [-0.2, 0) is 11.3 Å². The lowest BCUT2D eigenvalue weighted by Crippen LogP contribution is -2.43. The van der Waals surface area contributed by atoms with E-state index in [9.17, 15) is 4.79 Å². The highest BCUT2D eigenvalue weighted by Gasteiger charge is 2.34. The van der Waals surface area contributed by atoms with E-state index in [0.717, 1.165) is 64.5 Å². The molecular weight excluding hydrogens is 314 g/mol. The summed E-state index contributed by atoms with van der Waals surface area (Å²) >= 11 is 0. The summed E-state index contributed by atoms with van der Waals surface area (Å²) in [7, 11) is 0. The molecule has 2 aliphatic heterocycles. The zero-order valence-corrected chi connectivity index (χ0v) is 16.2. The largest absolute Gasteiger partial charge is 0.342 e. The number of likely N-dealkylation sites (tertiary alicyclic amines) is 1. The van der Waals surface area contributed by atoms with E-state index in [1.165, 1.54) is 5.69 Å². The number of amides is 1. The molecule has 0 spiro atoms. The van der Waals surface area contributed by atoms with Crippen molar-refractivity contribution < 1.29 is 4.79 Å². The second kappa shape index (κ2) is 7.87. The summed E-state index contributed by atoms with van der Waals surface area (Å²) in [5, 5.41) is 4.58. The standard InChI is InChI=1S/C19H33N5O/c1-15-13-21(8-11-24-17(3)12-16(2)20-24)14-19(15)23-7-5-6-22(9-10-23)18(4)25/h12,15,19H,5-11,13-14H2,1-4H3. The molecule has 6 heteroatoms. The van der Waals surface area contributed by atoms with Crippen LogP contribution in [0.5, 0.6) is 0 Å². The van der Waals surface area contributed by atoms with E-state index >= 15 is 0 Å². The summed E-state index contributed by atoms with van der Waals surface area (Å²) in [6.45, 7) is 16.5. The second-order valence-corrected chi connectivity index (χ2v) is 7.85. The van der Waals surface area contributed by atoms with E-state index in [-0.39, 0.29) is 5.91 Å². The molecule has 0 N–H and O–H groups in total. The Morgan fingerprint density at radius 2 is 1.96 bits per heavy atom. The van der Waals surface area contributed by atoms with Gasteiger partial charge in [-0.05, 0) is 32.3 Å². The normalized spacial score (nSPS) is 26.2. The van der Waals surface area contributed by atoms with Gasteiger partial charge in [0, 0.05) is 64.5 Å². The molecule has 3 heterocycles. The van der Waals surface area contributed by atoms with Gasteiger partial charge in [-0.1, -0.05) is 6.92 Å². The summed E-state index contributed by atoms with van der Waals surface area (Å²) < 4.78 is 2.13. The first-order valence-electron chi connectivity index (χ1n) is 9.67. The van der Waals surface area contributed by atoms with Gasteiger partial charge in [-0.25, -0.2) is 0 Å². The van der Waals surface area contributed by atoms with Crippen molar-refractivity contribution in [1.82, 2.24) is 24.5 Å². The molecule has 25 heavy (non-hydrogen) atoms. The minimum Gasteiger partial charge on any atom is -0.342 e. The topological polar surface area (TPSA) is 44.6 Å². The average molecular weight is 348 g/mol. The predicted molar refractivity (Wildman–Crippen MR) is 99.5 cm³/mol. The molecule has 1 aromatic rings. The minimum absolute atomic E-state index is 0.216. The number of hydrogen-bond acceptors (Lipinski definition) is 4. The maximum Gasteiger partial charge on any atom is 0.219 e. The van der Waals surface area contributed by atoms with E-state index < -0.39 is 0 Å². The van der Waals surface area contributed by atoms with Gasteiger partial charge in [-0.2, -0.15) is 5.10 Å². The van der Waals surface area contributed by atoms with Crippen LogP contribution in [0.1, 0.15) is 31.7 Å². The maximum atomic E-state index is 11.6. The lowest BCUT2D eigenvalue weighted by atomic mass is 10.0. The van der Waals surface area contributed by atoms with Crippen LogP contribution in [-0.4, -0.2) is 82.2 Å². The van der Waals surface area contributed by atoms with Crippen molar-refractivity contribution in [3.8, 4) is 0 Å². The molecular formula is C19H33N5O. The van der Waals surface area contributed by atoms with Crippen LogP contribution in [0.25, 0.3) is 0 Å². The zero-order valence-electron chi connectivity index (χ0n) is 16.2. The Morgan fingerprint density at radius 1 is 1.16 bits per heavy atom. The van der Waals surface area contributed by atoms with Crippen LogP contribution < -0.4 is 0 Å². The Bertz CT molecular complexity index is 599. The fourth-order valence-corrected chi connectivity index (χ4v) is 4.43. The number of carbonyl (C=O) groups is 1. The molecule has 2 saturated heterocycles. The molecule has 0 radical (unpaired) electrons. The Kier molecular flexibility index (Phi) is 5.79. The molecule has 0 bridgehead atoms. The number of rotatable bonds is 4. The molecule has 1 aromatic heterocycles. The molecule has 2 atom stereocenters. The van der Waals surface area contributed by atoms with Gasteiger partial charge in [-0.15, -0.1) is 0 Å². The monoisotopic (exact) mass is 347 g/mol. The van der Waals surface area contributed by atoms with Gasteiger partial charge in [0.2, 0.25) is 5.91 Å². The first-order valence-corrected chi connectivity index (χ1v) is 9.67. The highest BCUT2D eigenvalue weighted by Crippen LogP contribution is 2.23. The lowest BCUT2D eigenvalue weighted by molar-refractivity contribution is -0.128. The molecule has 140 valence electrons. The van der Waals surface area contributed by atoms with Crippen molar-refractivity contribution in [1.29, 1.82) is 0 Å². The third-order valence-corrected chi connectivity index (χ3v) is 5.82. The highest BCUT2D eigenvalue weighted by atomic mass is 16.2. The third kappa shape index (κ3) is 4.42. The highest BCUT2D eigenvalue weighted by molar-refractivity contribution is 5.73. The van der Waals surface area contributed by atoms with Gasteiger partial charge in [0.15, 0.2) is 0 Å². The van der Waals surface area contributed by atoms with Crippen molar-refractivity contribution in [3.05, 3.63) is 17.5 Å². The van der Waals surface area contributed by atoms with Gasteiger partial charge in [-0.3, -0.25) is 19.3 Å². The fraction of sp³-hybridized carbons (Fsp3) is 0.789. The van der Waals surface area contributed by atoms with Gasteiger partial charge in [0.25, 0.3) is 0 Å². The van der Waals surface area contributed by atoms with Gasteiger partial charge in [0.1, 0.15) is 0 Å². The maximum absolute atomic E-state index is 11.6. The third-order valence-electron chi connectivity index (χ3n) is 5.82. The number of carbonyl (C=O) groups excluding carboxylic acids is 1. The van der Waals surface area contributed by atoms with E-state index in [1.807, 2.05) is 4.90 Å². The molecule has 0 aromatic carbocycles. The molecule has 0 saturated carbocycles. The van der Waals surface area contributed by atoms with Crippen LogP contribution in [0.4, 0.5) is 0 Å². The summed E-state index contributed by atoms with van der Waals surface area (Å²) in [6, 6.07) is 2.76. The smallest absolute Gasteiger partial charge is 0.219 e. The number of aryl methyl sites for hydroxylation is 2.